The summed E-state index contributed by atoms with van der Waals surface area (Å²) in [5, 5.41) is 0. The van der Waals surface area contributed by atoms with Crippen LogP contribution >= 0.6 is 0 Å². The normalized spacial score (nSPS) is 17.5. The summed E-state index contributed by atoms with van der Waals surface area (Å²) in [5.74, 6) is 0.880. The van der Waals surface area contributed by atoms with Crippen LogP contribution in [-0.2, 0) is 0 Å². The third-order valence-corrected chi connectivity index (χ3v) is 5.76. The van der Waals surface area contributed by atoms with E-state index < -0.39 is 0 Å². The minimum Gasteiger partial charge on any atom is -0.496 e. The molecule has 6 heteroatoms. The zero-order chi connectivity index (χ0) is 20.5. The summed E-state index contributed by atoms with van der Waals surface area (Å²) in [6, 6.07) is 13.7. The fraction of sp³-hybridized carbons (Fsp3) is 0.348. The van der Waals surface area contributed by atoms with Gasteiger partial charge in [-0.15, -0.1) is 0 Å². The van der Waals surface area contributed by atoms with E-state index in [9.17, 15) is 4.79 Å². The van der Waals surface area contributed by atoms with Crippen molar-refractivity contribution in [3.63, 3.8) is 0 Å². The molecule has 2 aromatic carbocycles. The molecule has 1 unspecified atom stereocenters. The van der Waals surface area contributed by atoms with Crippen molar-refractivity contribution in [1.29, 1.82) is 0 Å². The van der Waals surface area contributed by atoms with Crippen LogP contribution in [-0.4, -0.2) is 59.5 Å². The van der Waals surface area contributed by atoms with Crippen LogP contribution in [0.4, 0.5) is 0 Å². The van der Waals surface area contributed by atoms with Crippen molar-refractivity contribution >= 4 is 16.9 Å². The number of nitrogens with zero attached hydrogens (tertiary/aromatic N) is 4. The molecule has 0 bridgehead atoms. The van der Waals surface area contributed by atoms with E-state index in [1.54, 1.807) is 7.11 Å². The molecule has 6 nitrogen and oxygen atoms in total. The lowest BCUT2D eigenvalue weighted by atomic mass is 10.0. The molecule has 1 fully saturated rings. The molecule has 3 aromatic rings. The summed E-state index contributed by atoms with van der Waals surface area (Å²) in [4.78, 5) is 26.6. The van der Waals surface area contributed by atoms with E-state index in [0.29, 0.717) is 18.7 Å². The third-order valence-electron chi connectivity index (χ3n) is 5.76. The van der Waals surface area contributed by atoms with Crippen molar-refractivity contribution in [2.45, 2.75) is 19.9 Å². The van der Waals surface area contributed by atoms with Crippen molar-refractivity contribution in [3.05, 3.63) is 65.0 Å². The molecule has 0 radical (unpaired) electrons. The minimum absolute atomic E-state index is 0.0277. The number of piperazine rings is 1. The summed E-state index contributed by atoms with van der Waals surface area (Å²) in [5.41, 5.74) is 5.13. The number of para-hydroxylation sites is 1. The zero-order valence-electron chi connectivity index (χ0n) is 17.3. The molecule has 4 rings (SSSR count). The van der Waals surface area contributed by atoms with Crippen LogP contribution in [0.15, 0.2) is 42.5 Å². The number of hydrogen-bond acceptors (Lipinski definition) is 5. The van der Waals surface area contributed by atoms with Gasteiger partial charge in [-0.3, -0.25) is 9.69 Å². The van der Waals surface area contributed by atoms with Gasteiger partial charge in [0.15, 0.2) is 0 Å². The number of carbonyl (C=O) groups is 1. The second-order valence-electron chi connectivity index (χ2n) is 7.59. The number of amides is 1. The number of aryl methyl sites for hydroxylation is 2. The summed E-state index contributed by atoms with van der Waals surface area (Å²) < 4.78 is 5.55. The molecule has 1 amide bonds. The largest absolute Gasteiger partial charge is 0.496 e. The summed E-state index contributed by atoms with van der Waals surface area (Å²) in [6.45, 7) is 6.00. The Kier molecular flexibility index (Phi) is 5.20. The number of benzene rings is 2. The second kappa shape index (κ2) is 7.79. The lowest BCUT2D eigenvalue weighted by Crippen LogP contribution is -2.49. The van der Waals surface area contributed by atoms with Crippen molar-refractivity contribution in [2.24, 2.45) is 0 Å². The summed E-state index contributed by atoms with van der Waals surface area (Å²) in [6.07, 6.45) is 0. The van der Waals surface area contributed by atoms with Gasteiger partial charge in [0.05, 0.1) is 35.6 Å². The molecule has 1 saturated heterocycles. The van der Waals surface area contributed by atoms with Crippen molar-refractivity contribution in [1.82, 2.24) is 19.8 Å². The number of aromatic nitrogens is 2. The van der Waals surface area contributed by atoms with Gasteiger partial charge >= 0.3 is 0 Å². The Morgan fingerprint density at radius 1 is 1.03 bits per heavy atom. The van der Waals surface area contributed by atoms with Crippen LogP contribution < -0.4 is 4.74 Å². The first-order valence-corrected chi connectivity index (χ1v) is 9.85. The molecule has 1 aromatic heterocycles. The van der Waals surface area contributed by atoms with Crippen LogP contribution in [0.25, 0.3) is 11.0 Å². The second-order valence-corrected chi connectivity index (χ2v) is 7.59. The molecular formula is C23H26N4O2. The summed E-state index contributed by atoms with van der Waals surface area (Å²) >= 11 is 0. The lowest BCUT2D eigenvalue weighted by Gasteiger charge is -2.40. The molecule has 150 valence electrons. The van der Waals surface area contributed by atoms with Gasteiger partial charge in [0.2, 0.25) is 0 Å². The number of rotatable bonds is 3. The first-order chi connectivity index (χ1) is 14.0. The predicted molar refractivity (Wildman–Crippen MR) is 113 cm³/mol. The number of likely N-dealkylation sites (N-methyl/N-ethyl adjacent to an activating group) is 1. The van der Waals surface area contributed by atoms with E-state index in [2.05, 4.69) is 28.0 Å². The number of fused-ring (bicyclic) bond motifs is 1. The smallest absolute Gasteiger partial charge is 0.254 e. The average Bonchev–Trinajstić information content (AvgIpc) is 2.74. The van der Waals surface area contributed by atoms with E-state index in [4.69, 9.17) is 4.74 Å². The Morgan fingerprint density at radius 3 is 2.52 bits per heavy atom. The highest BCUT2D eigenvalue weighted by Crippen LogP contribution is 2.31. The van der Waals surface area contributed by atoms with Gasteiger partial charge in [-0.1, -0.05) is 18.2 Å². The van der Waals surface area contributed by atoms with Crippen LogP contribution in [0.1, 0.15) is 33.4 Å². The van der Waals surface area contributed by atoms with Gasteiger partial charge in [0, 0.05) is 30.8 Å². The molecular weight excluding hydrogens is 364 g/mol. The highest BCUT2D eigenvalue weighted by Gasteiger charge is 2.30. The van der Waals surface area contributed by atoms with E-state index in [0.717, 1.165) is 40.3 Å². The van der Waals surface area contributed by atoms with E-state index >= 15 is 0 Å². The molecule has 29 heavy (non-hydrogen) atoms. The van der Waals surface area contributed by atoms with Crippen molar-refractivity contribution in [3.8, 4) is 5.75 Å². The van der Waals surface area contributed by atoms with Gasteiger partial charge in [-0.2, -0.15) is 0 Å². The topological polar surface area (TPSA) is 58.6 Å². The zero-order valence-corrected chi connectivity index (χ0v) is 17.3. The van der Waals surface area contributed by atoms with Crippen molar-refractivity contribution in [2.75, 3.05) is 33.8 Å². The van der Waals surface area contributed by atoms with Crippen LogP contribution in [0.5, 0.6) is 5.75 Å². The fourth-order valence-electron chi connectivity index (χ4n) is 3.88. The Hall–Kier alpha value is -2.99. The maximum Gasteiger partial charge on any atom is 0.254 e. The Labute approximate surface area is 171 Å². The third kappa shape index (κ3) is 3.68. The molecule has 1 atom stereocenters. The number of ether oxygens (including phenoxy) is 1. The first-order valence-electron chi connectivity index (χ1n) is 9.85. The van der Waals surface area contributed by atoms with Crippen LogP contribution in [0, 0.1) is 13.8 Å². The van der Waals surface area contributed by atoms with E-state index in [1.807, 2.05) is 55.1 Å². The first kappa shape index (κ1) is 19.3. The molecule has 1 aliphatic heterocycles. The lowest BCUT2D eigenvalue weighted by molar-refractivity contribution is 0.0542. The highest BCUT2D eigenvalue weighted by molar-refractivity contribution is 5.97. The Bertz CT molecular complexity index is 1070. The molecule has 0 spiro atoms. The maximum absolute atomic E-state index is 13.3. The molecule has 1 aliphatic rings. The Morgan fingerprint density at radius 2 is 1.76 bits per heavy atom. The molecule has 0 aliphatic carbocycles. The van der Waals surface area contributed by atoms with Gasteiger partial charge in [-0.25, -0.2) is 9.97 Å². The number of carbonyl (C=O) groups excluding carboxylic acids is 1. The monoisotopic (exact) mass is 390 g/mol. The number of hydrogen-bond donors (Lipinski definition) is 0. The molecule has 2 heterocycles. The molecule has 0 N–H and O–H groups in total. The van der Waals surface area contributed by atoms with E-state index in [1.165, 1.54) is 0 Å². The molecule has 0 saturated carbocycles. The van der Waals surface area contributed by atoms with E-state index in [-0.39, 0.29) is 11.9 Å². The Balaban J connectivity index is 1.62. The highest BCUT2D eigenvalue weighted by atomic mass is 16.5. The summed E-state index contributed by atoms with van der Waals surface area (Å²) in [7, 11) is 3.78. The SMILES string of the molecule is COc1ccccc1C1CN(C(=O)c2ccc3nc(C)c(C)nc3c2)CCN1C. The van der Waals surface area contributed by atoms with Gasteiger partial charge < -0.3 is 9.64 Å². The van der Waals surface area contributed by atoms with Gasteiger partial charge in [0.1, 0.15) is 5.75 Å². The maximum atomic E-state index is 13.3. The van der Waals surface area contributed by atoms with Gasteiger partial charge in [0.25, 0.3) is 5.91 Å². The van der Waals surface area contributed by atoms with Gasteiger partial charge in [-0.05, 0) is 45.2 Å². The quantitative estimate of drug-likeness (QED) is 0.686. The fourth-order valence-corrected chi connectivity index (χ4v) is 3.88. The van der Waals surface area contributed by atoms with Crippen LogP contribution in [0.2, 0.25) is 0 Å². The number of methoxy groups -OCH3 is 1. The predicted octanol–water partition coefficient (Wildman–Crippen LogP) is 3.38. The standard InChI is InChI=1S/C23H26N4O2/c1-15-16(2)25-20-13-17(9-10-19(20)24-15)23(28)27-12-11-26(3)21(14-27)18-7-5-6-8-22(18)29-4/h5-10,13,21H,11-12,14H2,1-4H3. The van der Waals surface area contributed by atoms with Crippen LogP contribution in [0.3, 0.4) is 0 Å². The average molecular weight is 390 g/mol. The minimum atomic E-state index is 0.0277. The van der Waals surface area contributed by atoms with Crippen molar-refractivity contribution < 1.29 is 9.53 Å².